The summed E-state index contributed by atoms with van der Waals surface area (Å²) in [5.74, 6) is 1.36. The zero-order valence-corrected chi connectivity index (χ0v) is 13.1. The maximum Gasteiger partial charge on any atom is 0.258 e. The third-order valence-corrected chi connectivity index (χ3v) is 3.89. The Bertz CT molecular complexity index is 670. The first-order chi connectivity index (χ1) is 10.2. The second-order valence-corrected chi connectivity index (χ2v) is 5.56. The van der Waals surface area contributed by atoms with Crippen molar-refractivity contribution >= 4 is 27.5 Å². The number of hydrogen-bond acceptors (Lipinski definition) is 3. The molecule has 1 heterocycles. The van der Waals surface area contributed by atoms with Crippen molar-refractivity contribution in [3.63, 3.8) is 0 Å². The number of halogens is 1. The Balaban J connectivity index is 1.97. The average Bonchev–Trinajstić information content (AvgIpc) is 2.54. The average molecular weight is 348 g/mol. The van der Waals surface area contributed by atoms with E-state index in [2.05, 4.69) is 15.9 Å². The number of rotatable bonds is 2. The van der Waals surface area contributed by atoms with E-state index in [1.807, 2.05) is 42.5 Å². The lowest BCUT2D eigenvalue weighted by atomic mass is 10.1. The highest BCUT2D eigenvalue weighted by atomic mass is 79.9. The number of anilines is 1. The fourth-order valence-corrected chi connectivity index (χ4v) is 2.55. The number of fused-ring (bicyclic) bond motifs is 1. The highest BCUT2D eigenvalue weighted by Gasteiger charge is 2.25. The smallest absolute Gasteiger partial charge is 0.258 e. The summed E-state index contributed by atoms with van der Waals surface area (Å²) in [5, 5.41) is 0. The largest absolute Gasteiger partial charge is 0.497 e. The molecule has 1 amide bonds. The Hall–Kier alpha value is -2.01. The van der Waals surface area contributed by atoms with Gasteiger partial charge in [-0.2, -0.15) is 0 Å². The van der Waals surface area contributed by atoms with E-state index in [1.54, 1.807) is 12.0 Å². The Kier molecular flexibility index (Phi) is 3.84. The Morgan fingerprint density at radius 2 is 2.00 bits per heavy atom. The van der Waals surface area contributed by atoms with Crippen molar-refractivity contribution in [1.82, 2.24) is 0 Å². The molecule has 3 rings (SSSR count). The molecule has 4 nitrogen and oxygen atoms in total. The minimum atomic E-state index is -0.0414. The molecule has 5 heteroatoms. The molecule has 108 valence electrons. The standard InChI is InChI=1S/C16H14BrNO3/c1-20-13-6-7-15-14(10-13)18(8-9-21-15)16(19)11-2-4-12(17)5-3-11/h2-7,10H,8-9H2,1H3. The highest BCUT2D eigenvalue weighted by Crippen LogP contribution is 2.35. The molecule has 0 aromatic heterocycles. The summed E-state index contributed by atoms with van der Waals surface area (Å²) in [6.07, 6.45) is 0. The quantitative estimate of drug-likeness (QED) is 0.834. The molecule has 1 aliphatic heterocycles. The number of nitrogens with zero attached hydrogens (tertiary/aromatic N) is 1. The van der Waals surface area contributed by atoms with E-state index in [9.17, 15) is 4.79 Å². The SMILES string of the molecule is COc1ccc2c(c1)N(C(=O)c1ccc(Br)cc1)CCO2. The van der Waals surface area contributed by atoms with Gasteiger partial charge >= 0.3 is 0 Å². The van der Waals surface area contributed by atoms with Crippen LogP contribution in [0.1, 0.15) is 10.4 Å². The van der Waals surface area contributed by atoms with E-state index in [1.165, 1.54) is 0 Å². The van der Waals surface area contributed by atoms with Crippen LogP contribution in [-0.2, 0) is 0 Å². The van der Waals surface area contributed by atoms with E-state index >= 15 is 0 Å². The second kappa shape index (κ2) is 5.77. The normalized spacial score (nSPS) is 13.3. The van der Waals surface area contributed by atoms with Crippen molar-refractivity contribution in [3.8, 4) is 11.5 Å². The summed E-state index contributed by atoms with van der Waals surface area (Å²) in [7, 11) is 1.60. The maximum atomic E-state index is 12.7. The summed E-state index contributed by atoms with van der Waals surface area (Å²) >= 11 is 3.37. The maximum absolute atomic E-state index is 12.7. The van der Waals surface area contributed by atoms with E-state index in [4.69, 9.17) is 9.47 Å². The number of amides is 1. The number of carbonyl (C=O) groups excluding carboxylic acids is 1. The molecule has 0 saturated carbocycles. The van der Waals surface area contributed by atoms with Gasteiger partial charge < -0.3 is 14.4 Å². The summed E-state index contributed by atoms with van der Waals surface area (Å²) in [6, 6.07) is 12.8. The topological polar surface area (TPSA) is 38.8 Å². The Morgan fingerprint density at radius 3 is 2.71 bits per heavy atom. The Morgan fingerprint density at radius 1 is 1.24 bits per heavy atom. The summed E-state index contributed by atoms with van der Waals surface area (Å²) < 4.78 is 11.8. The van der Waals surface area contributed by atoms with Crippen LogP contribution in [0.15, 0.2) is 46.9 Å². The zero-order valence-electron chi connectivity index (χ0n) is 11.5. The number of benzene rings is 2. The van der Waals surface area contributed by atoms with Crippen LogP contribution in [0.2, 0.25) is 0 Å². The van der Waals surface area contributed by atoms with E-state index in [-0.39, 0.29) is 5.91 Å². The van der Waals surface area contributed by atoms with Crippen LogP contribution in [0.4, 0.5) is 5.69 Å². The van der Waals surface area contributed by atoms with Gasteiger partial charge in [0.25, 0.3) is 5.91 Å². The van der Waals surface area contributed by atoms with E-state index in [0.717, 1.165) is 10.2 Å². The van der Waals surface area contributed by atoms with Crippen LogP contribution in [0.3, 0.4) is 0 Å². The molecule has 0 radical (unpaired) electrons. The van der Waals surface area contributed by atoms with Gasteiger partial charge in [-0.05, 0) is 36.4 Å². The lowest BCUT2D eigenvalue weighted by Gasteiger charge is -2.30. The predicted octanol–water partition coefficient (Wildman–Crippen LogP) is 3.50. The van der Waals surface area contributed by atoms with Crippen LogP contribution >= 0.6 is 15.9 Å². The summed E-state index contributed by atoms with van der Waals surface area (Å²) in [5.41, 5.74) is 1.39. The van der Waals surface area contributed by atoms with Crippen LogP contribution < -0.4 is 14.4 Å². The highest BCUT2D eigenvalue weighted by molar-refractivity contribution is 9.10. The molecule has 21 heavy (non-hydrogen) atoms. The van der Waals surface area contributed by atoms with Gasteiger partial charge in [0.15, 0.2) is 0 Å². The van der Waals surface area contributed by atoms with Gasteiger partial charge in [-0.3, -0.25) is 4.79 Å². The molecule has 2 aromatic rings. The molecule has 1 aliphatic rings. The van der Waals surface area contributed by atoms with Crippen molar-refractivity contribution in [2.45, 2.75) is 0 Å². The molecule has 2 aromatic carbocycles. The van der Waals surface area contributed by atoms with Gasteiger partial charge in [-0.25, -0.2) is 0 Å². The first kappa shape index (κ1) is 13.9. The molecule has 0 N–H and O–H groups in total. The van der Waals surface area contributed by atoms with Crippen molar-refractivity contribution in [3.05, 3.63) is 52.5 Å². The van der Waals surface area contributed by atoms with Crippen LogP contribution in [0, 0.1) is 0 Å². The lowest BCUT2D eigenvalue weighted by Crippen LogP contribution is -2.37. The lowest BCUT2D eigenvalue weighted by molar-refractivity contribution is 0.0976. The molecule has 0 saturated heterocycles. The molecule has 0 atom stereocenters. The van der Waals surface area contributed by atoms with Gasteiger partial charge in [0.2, 0.25) is 0 Å². The molecular weight excluding hydrogens is 334 g/mol. The van der Waals surface area contributed by atoms with Crippen molar-refractivity contribution in [2.75, 3.05) is 25.2 Å². The van der Waals surface area contributed by atoms with Crippen LogP contribution in [0.25, 0.3) is 0 Å². The summed E-state index contributed by atoms with van der Waals surface area (Å²) in [4.78, 5) is 14.4. The Labute approximate surface area is 131 Å². The number of hydrogen-bond donors (Lipinski definition) is 0. The molecule has 0 unspecified atom stereocenters. The fourth-order valence-electron chi connectivity index (χ4n) is 2.28. The van der Waals surface area contributed by atoms with Crippen molar-refractivity contribution < 1.29 is 14.3 Å². The van der Waals surface area contributed by atoms with Crippen LogP contribution in [-0.4, -0.2) is 26.2 Å². The van der Waals surface area contributed by atoms with Gasteiger partial charge in [-0.15, -0.1) is 0 Å². The minimum absolute atomic E-state index is 0.0414. The molecule has 0 aliphatic carbocycles. The summed E-state index contributed by atoms with van der Waals surface area (Å²) in [6.45, 7) is 1.01. The van der Waals surface area contributed by atoms with Gasteiger partial charge in [0.1, 0.15) is 18.1 Å². The predicted molar refractivity (Wildman–Crippen MR) is 84.3 cm³/mol. The monoisotopic (exact) mass is 347 g/mol. The molecule has 0 bridgehead atoms. The van der Waals surface area contributed by atoms with Gasteiger partial charge in [-0.1, -0.05) is 15.9 Å². The fraction of sp³-hybridized carbons (Fsp3) is 0.188. The number of carbonyl (C=O) groups is 1. The van der Waals surface area contributed by atoms with Crippen LogP contribution in [0.5, 0.6) is 11.5 Å². The second-order valence-electron chi connectivity index (χ2n) is 4.65. The zero-order chi connectivity index (χ0) is 14.8. The van der Waals surface area contributed by atoms with Gasteiger partial charge in [0.05, 0.1) is 19.3 Å². The van der Waals surface area contributed by atoms with E-state index in [0.29, 0.717) is 30.2 Å². The minimum Gasteiger partial charge on any atom is -0.497 e. The molecular formula is C16H14BrNO3. The van der Waals surface area contributed by atoms with Crippen molar-refractivity contribution in [2.24, 2.45) is 0 Å². The van der Waals surface area contributed by atoms with Gasteiger partial charge in [0, 0.05) is 16.1 Å². The first-order valence-corrected chi connectivity index (χ1v) is 7.36. The third kappa shape index (κ3) is 2.74. The third-order valence-electron chi connectivity index (χ3n) is 3.37. The first-order valence-electron chi connectivity index (χ1n) is 6.57. The van der Waals surface area contributed by atoms with Crippen molar-refractivity contribution in [1.29, 1.82) is 0 Å². The number of ether oxygens (including phenoxy) is 2. The number of methoxy groups -OCH3 is 1. The molecule has 0 spiro atoms. The van der Waals surface area contributed by atoms with E-state index < -0.39 is 0 Å². The molecule has 0 fully saturated rings.